The van der Waals surface area contributed by atoms with Gasteiger partial charge in [0.2, 0.25) is 0 Å². The number of aromatic nitrogens is 5. The quantitative estimate of drug-likeness (QED) is 0.572. The second-order valence-electron chi connectivity index (χ2n) is 7.33. The van der Waals surface area contributed by atoms with Crippen LogP contribution < -0.4 is 5.32 Å². The summed E-state index contributed by atoms with van der Waals surface area (Å²) in [6.45, 7) is 4.77. The maximum Gasteiger partial charge on any atom is 0.138 e. The maximum atomic E-state index is 10.5. The second-order valence-corrected chi connectivity index (χ2v) is 7.33. The van der Waals surface area contributed by atoms with Crippen molar-refractivity contribution >= 4 is 0 Å². The predicted octanol–water partition coefficient (Wildman–Crippen LogP) is 0.845. The van der Waals surface area contributed by atoms with Gasteiger partial charge < -0.3 is 20.1 Å². The molecular weight excluding hydrogens is 360 g/mol. The lowest BCUT2D eigenvalue weighted by Crippen LogP contribution is -2.39. The number of aliphatic hydroxyl groups is 2. The van der Waals surface area contributed by atoms with E-state index in [-0.39, 0.29) is 12.0 Å². The van der Waals surface area contributed by atoms with Crippen molar-refractivity contribution < 1.29 is 14.7 Å². The molecule has 4 rings (SSSR count). The van der Waals surface area contributed by atoms with Gasteiger partial charge in [-0.1, -0.05) is 10.4 Å². The highest BCUT2D eigenvalue weighted by atomic mass is 16.5. The number of hydrogen-bond donors (Lipinski definition) is 3. The Morgan fingerprint density at radius 2 is 2.14 bits per heavy atom. The normalized spacial score (nSPS) is 24.7. The average molecular weight is 384 g/mol. The molecule has 28 heavy (non-hydrogen) atoms. The van der Waals surface area contributed by atoms with Gasteiger partial charge in [-0.05, 0) is 32.4 Å². The highest BCUT2D eigenvalue weighted by Gasteiger charge is 2.41. The summed E-state index contributed by atoms with van der Waals surface area (Å²) in [5, 5.41) is 36.5. The van der Waals surface area contributed by atoms with Crippen LogP contribution in [0.15, 0.2) is 35.2 Å². The van der Waals surface area contributed by atoms with Crippen molar-refractivity contribution in [1.29, 1.82) is 0 Å². The summed E-state index contributed by atoms with van der Waals surface area (Å²) in [6.07, 6.45) is 4.24. The molecule has 0 bridgehead atoms. The van der Waals surface area contributed by atoms with Crippen LogP contribution in [-0.4, -0.2) is 53.6 Å². The fourth-order valence-corrected chi connectivity index (χ4v) is 3.77. The van der Waals surface area contributed by atoms with E-state index in [0.29, 0.717) is 19.5 Å². The van der Waals surface area contributed by atoms with Gasteiger partial charge in [0.15, 0.2) is 0 Å². The van der Waals surface area contributed by atoms with Gasteiger partial charge in [0.1, 0.15) is 11.5 Å². The Balaban J connectivity index is 1.39. The van der Waals surface area contributed by atoms with Crippen molar-refractivity contribution in [2.24, 2.45) is 5.92 Å². The van der Waals surface area contributed by atoms with Gasteiger partial charge in [0, 0.05) is 48.6 Å². The van der Waals surface area contributed by atoms with Crippen LogP contribution in [0, 0.1) is 19.8 Å². The third-order valence-corrected chi connectivity index (χ3v) is 5.44. The fourth-order valence-electron chi connectivity index (χ4n) is 3.77. The van der Waals surface area contributed by atoms with Gasteiger partial charge in [-0.15, -0.1) is 5.10 Å². The van der Waals surface area contributed by atoms with Crippen LogP contribution in [0.5, 0.6) is 0 Å². The van der Waals surface area contributed by atoms with E-state index in [9.17, 15) is 10.2 Å². The SMILES string of the molecule is Cc1noc(C)c1CNC1CC(Cn2cc(-c3cccnc3)nn2)C(O)C1O. The molecule has 0 aromatic carbocycles. The minimum absolute atomic E-state index is 0.124. The molecule has 1 aliphatic rings. The molecule has 0 aliphatic heterocycles. The van der Waals surface area contributed by atoms with E-state index >= 15 is 0 Å². The largest absolute Gasteiger partial charge is 0.390 e. The molecule has 1 fully saturated rings. The molecule has 1 aliphatic carbocycles. The van der Waals surface area contributed by atoms with Gasteiger partial charge in [0.05, 0.1) is 24.1 Å². The molecule has 9 heteroatoms. The smallest absolute Gasteiger partial charge is 0.138 e. The van der Waals surface area contributed by atoms with Gasteiger partial charge in [-0.2, -0.15) is 0 Å². The average Bonchev–Trinajstić information content (AvgIpc) is 3.37. The predicted molar refractivity (Wildman–Crippen MR) is 100.0 cm³/mol. The standard InChI is InChI=1S/C19H24N6O3/c1-11-15(12(2)28-23-11)8-21-16-6-14(18(26)19(16)27)9-25-10-17(22-24-25)13-4-3-5-20-7-13/h3-5,7,10,14,16,18-19,21,26-27H,6,8-9H2,1-2H3. The highest BCUT2D eigenvalue weighted by molar-refractivity contribution is 5.55. The summed E-state index contributed by atoms with van der Waals surface area (Å²) in [5.74, 6) is 0.640. The lowest BCUT2D eigenvalue weighted by molar-refractivity contribution is 0.00721. The van der Waals surface area contributed by atoms with Crippen LogP contribution >= 0.6 is 0 Å². The molecular formula is C19H24N6O3. The molecule has 3 aromatic heterocycles. The molecule has 3 aromatic rings. The van der Waals surface area contributed by atoms with E-state index in [1.807, 2.05) is 32.2 Å². The Labute approximate surface area is 162 Å². The van der Waals surface area contributed by atoms with Crippen LogP contribution in [0.1, 0.15) is 23.4 Å². The zero-order valence-electron chi connectivity index (χ0n) is 15.9. The van der Waals surface area contributed by atoms with Crippen molar-refractivity contribution in [3.8, 4) is 11.3 Å². The first-order valence-electron chi connectivity index (χ1n) is 9.34. The number of aryl methyl sites for hydroxylation is 2. The van der Waals surface area contributed by atoms with E-state index in [0.717, 1.165) is 28.3 Å². The van der Waals surface area contributed by atoms with E-state index < -0.39 is 12.2 Å². The van der Waals surface area contributed by atoms with Crippen molar-refractivity contribution in [3.63, 3.8) is 0 Å². The van der Waals surface area contributed by atoms with Crippen LogP contribution in [0.2, 0.25) is 0 Å². The van der Waals surface area contributed by atoms with Crippen molar-refractivity contribution in [1.82, 2.24) is 30.5 Å². The fraction of sp³-hybridized carbons (Fsp3) is 0.474. The van der Waals surface area contributed by atoms with Crippen molar-refractivity contribution in [2.45, 2.75) is 51.6 Å². The van der Waals surface area contributed by atoms with Gasteiger partial charge in [0.25, 0.3) is 0 Å². The maximum absolute atomic E-state index is 10.5. The zero-order valence-corrected chi connectivity index (χ0v) is 15.9. The minimum Gasteiger partial charge on any atom is -0.390 e. The number of nitrogens with one attached hydrogen (secondary N) is 1. The molecule has 0 radical (unpaired) electrons. The molecule has 0 saturated heterocycles. The Bertz CT molecular complexity index is 905. The molecule has 4 unspecified atom stereocenters. The van der Waals surface area contributed by atoms with E-state index in [2.05, 4.69) is 25.8 Å². The molecule has 0 amide bonds. The molecule has 9 nitrogen and oxygen atoms in total. The topological polar surface area (TPSA) is 122 Å². The first-order chi connectivity index (χ1) is 13.5. The second kappa shape index (κ2) is 7.78. The highest BCUT2D eigenvalue weighted by Crippen LogP contribution is 2.29. The van der Waals surface area contributed by atoms with E-state index in [4.69, 9.17) is 4.52 Å². The molecule has 148 valence electrons. The molecule has 1 saturated carbocycles. The third kappa shape index (κ3) is 3.68. The summed E-state index contributed by atoms with van der Waals surface area (Å²) in [7, 11) is 0. The Morgan fingerprint density at radius 1 is 1.29 bits per heavy atom. The third-order valence-electron chi connectivity index (χ3n) is 5.44. The van der Waals surface area contributed by atoms with Crippen molar-refractivity contribution in [2.75, 3.05) is 0 Å². The van der Waals surface area contributed by atoms with Gasteiger partial charge in [-0.25, -0.2) is 0 Å². The first-order valence-corrected chi connectivity index (χ1v) is 9.34. The minimum atomic E-state index is -0.841. The molecule has 3 N–H and O–H groups in total. The summed E-state index contributed by atoms with van der Waals surface area (Å²) >= 11 is 0. The van der Waals surface area contributed by atoms with E-state index in [1.165, 1.54) is 0 Å². The van der Waals surface area contributed by atoms with Gasteiger partial charge >= 0.3 is 0 Å². The molecule has 3 heterocycles. The van der Waals surface area contributed by atoms with Crippen molar-refractivity contribution in [3.05, 3.63) is 47.7 Å². The number of pyridine rings is 1. The number of hydrogen-bond acceptors (Lipinski definition) is 8. The lowest BCUT2D eigenvalue weighted by Gasteiger charge is -2.18. The first kappa shape index (κ1) is 18.7. The Morgan fingerprint density at radius 3 is 2.86 bits per heavy atom. The Hall–Kier alpha value is -2.62. The van der Waals surface area contributed by atoms with Crippen LogP contribution in [0.4, 0.5) is 0 Å². The van der Waals surface area contributed by atoms with Crippen LogP contribution in [0.3, 0.4) is 0 Å². The molecule has 0 spiro atoms. The van der Waals surface area contributed by atoms with Crippen LogP contribution in [0.25, 0.3) is 11.3 Å². The van der Waals surface area contributed by atoms with Gasteiger partial charge in [-0.3, -0.25) is 9.67 Å². The lowest BCUT2D eigenvalue weighted by atomic mass is 10.1. The summed E-state index contributed by atoms with van der Waals surface area (Å²) in [4.78, 5) is 4.09. The summed E-state index contributed by atoms with van der Waals surface area (Å²) in [5.41, 5.74) is 3.44. The molecule has 4 atom stereocenters. The number of aliphatic hydroxyl groups excluding tert-OH is 2. The summed E-state index contributed by atoms with van der Waals surface area (Å²) in [6, 6.07) is 3.56. The summed E-state index contributed by atoms with van der Waals surface area (Å²) < 4.78 is 6.88. The number of rotatable bonds is 6. The monoisotopic (exact) mass is 384 g/mol. The van der Waals surface area contributed by atoms with Crippen LogP contribution in [-0.2, 0) is 13.1 Å². The number of nitrogens with zero attached hydrogens (tertiary/aromatic N) is 5. The zero-order chi connectivity index (χ0) is 19.7. The Kier molecular flexibility index (Phi) is 5.21. The van der Waals surface area contributed by atoms with E-state index in [1.54, 1.807) is 17.1 Å².